The molecular formula is C34H39F3N4O6S. The van der Waals surface area contributed by atoms with Gasteiger partial charge in [-0.25, -0.2) is 26.4 Å². The maximum Gasteiger partial charge on any atom is 0.407 e. The van der Waals surface area contributed by atoms with Crippen molar-refractivity contribution in [2.75, 3.05) is 38.7 Å². The minimum Gasteiger partial charge on any atom is -0.465 e. The molecule has 2 aliphatic rings. The predicted octanol–water partition coefficient (Wildman–Crippen LogP) is 4.75. The number of likely N-dealkylation sites (N-methyl/N-ethyl adjacent to an activating group) is 1. The molecule has 2 aliphatic heterocycles. The molecule has 5 rings (SSSR count). The number of nitrogens with zero attached hydrogens (tertiary/aromatic N) is 2. The van der Waals surface area contributed by atoms with Crippen LogP contribution >= 0.6 is 0 Å². The van der Waals surface area contributed by atoms with Crippen LogP contribution in [0.3, 0.4) is 0 Å². The van der Waals surface area contributed by atoms with E-state index in [1.807, 2.05) is 0 Å². The van der Waals surface area contributed by atoms with E-state index in [1.54, 1.807) is 25.1 Å². The van der Waals surface area contributed by atoms with Crippen LogP contribution in [-0.2, 0) is 31.4 Å². The average molecular weight is 689 g/mol. The molecule has 2 heterocycles. The lowest BCUT2D eigenvalue weighted by Gasteiger charge is -2.45. The molecule has 48 heavy (non-hydrogen) atoms. The number of hydrogen-bond acceptors (Lipinski definition) is 6. The fourth-order valence-electron chi connectivity index (χ4n) is 6.99. The Morgan fingerprint density at radius 1 is 1.02 bits per heavy atom. The molecule has 14 heteroatoms. The molecule has 3 aromatic carbocycles. The standard InChI is InChI=1S/C34H39F3N4O6S/c1-22-20-38-21-24(41(22)48(45,46)25-7-4-3-5-8-25)12-13-26-27(35)9-6-10-30(26)39-32(42)31(40(2)33(43)44)34(15-17-47-18-16-34)23-11-14-28(36)29(37)19-23/h3-11,14,19,22,24,31,38H,12-13,15-18,20-21H2,1-2H3,(H,39,42)(H,43,44)/t22-,24+,31-/m1/s1. The molecule has 0 aromatic heterocycles. The fraction of sp³-hybridized carbons (Fsp3) is 0.412. The number of carbonyl (C=O) groups excluding carboxylic acids is 1. The molecule has 10 nitrogen and oxygen atoms in total. The minimum absolute atomic E-state index is 0.0454. The van der Waals surface area contributed by atoms with Crippen LogP contribution < -0.4 is 10.6 Å². The molecule has 2 amide bonds. The van der Waals surface area contributed by atoms with Gasteiger partial charge in [0.05, 0.1) is 4.90 Å². The average Bonchev–Trinajstić information content (AvgIpc) is 3.06. The third kappa shape index (κ3) is 7.07. The van der Waals surface area contributed by atoms with E-state index in [0.717, 1.165) is 17.0 Å². The fourth-order valence-corrected chi connectivity index (χ4v) is 8.85. The molecule has 3 aromatic rings. The topological polar surface area (TPSA) is 128 Å². The first-order valence-corrected chi connectivity index (χ1v) is 17.2. The lowest BCUT2D eigenvalue weighted by Crippen LogP contribution is -2.59. The van der Waals surface area contributed by atoms with Crippen molar-refractivity contribution in [1.29, 1.82) is 0 Å². The van der Waals surface area contributed by atoms with Gasteiger partial charge in [0, 0.05) is 62.1 Å². The van der Waals surface area contributed by atoms with Crippen LogP contribution in [0.1, 0.15) is 37.3 Å². The van der Waals surface area contributed by atoms with Crippen LogP contribution in [0.4, 0.5) is 23.7 Å². The van der Waals surface area contributed by atoms with Crippen molar-refractivity contribution in [1.82, 2.24) is 14.5 Å². The Labute approximate surface area is 277 Å². The van der Waals surface area contributed by atoms with Crippen LogP contribution in [0.5, 0.6) is 0 Å². The molecule has 0 bridgehead atoms. The van der Waals surface area contributed by atoms with Crippen LogP contribution in [0, 0.1) is 17.5 Å². The Morgan fingerprint density at radius 2 is 1.73 bits per heavy atom. The summed E-state index contributed by atoms with van der Waals surface area (Å²) in [5, 5.41) is 16.0. The second-order valence-electron chi connectivity index (χ2n) is 12.3. The Hall–Kier alpha value is -3.98. The third-order valence-electron chi connectivity index (χ3n) is 9.38. The minimum atomic E-state index is -3.88. The number of sulfonamides is 1. The number of hydrogen-bond donors (Lipinski definition) is 3. The Kier molecular flexibility index (Phi) is 10.8. The first kappa shape index (κ1) is 35.3. The lowest BCUT2D eigenvalue weighted by molar-refractivity contribution is -0.124. The number of rotatable bonds is 10. The molecule has 0 spiro atoms. The van der Waals surface area contributed by atoms with Crippen molar-refractivity contribution in [3.05, 3.63) is 95.3 Å². The zero-order valence-electron chi connectivity index (χ0n) is 26.7. The van der Waals surface area contributed by atoms with Crippen molar-refractivity contribution in [2.24, 2.45) is 0 Å². The van der Waals surface area contributed by atoms with E-state index in [9.17, 15) is 31.9 Å². The van der Waals surface area contributed by atoms with Crippen molar-refractivity contribution >= 4 is 27.7 Å². The first-order chi connectivity index (χ1) is 22.9. The summed E-state index contributed by atoms with van der Waals surface area (Å²) in [6, 6.07) is 13.1. The van der Waals surface area contributed by atoms with Crippen molar-refractivity contribution in [2.45, 2.75) is 61.0 Å². The third-order valence-corrected chi connectivity index (χ3v) is 11.5. The van der Waals surface area contributed by atoms with E-state index in [0.29, 0.717) is 13.1 Å². The Balaban J connectivity index is 1.46. The number of anilines is 1. The highest BCUT2D eigenvalue weighted by Crippen LogP contribution is 2.41. The summed E-state index contributed by atoms with van der Waals surface area (Å²) in [4.78, 5) is 27.5. The molecule has 0 radical (unpaired) electrons. The summed E-state index contributed by atoms with van der Waals surface area (Å²) >= 11 is 0. The normalized spacial score (nSPS) is 20.5. The number of carbonyl (C=O) groups is 2. The molecule has 2 fully saturated rings. The SMILES string of the molecule is C[C@@H]1CNC[C@H](CCc2c(F)cccc2NC(=O)[C@@H](N(C)C(=O)O)C2(c3ccc(F)c(F)c3)CCOCC2)N1S(=O)(=O)c1ccccc1. The highest BCUT2D eigenvalue weighted by Gasteiger charge is 2.49. The van der Waals surface area contributed by atoms with Gasteiger partial charge in [0.25, 0.3) is 0 Å². The number of amides is 2. The molecule has 0 aliphatic carbocycles. The van der Waals surface area contributed by atoms with E-state index in [-0.39, 0.29) is 66.6 Å². The summed E-state index contributed by atoms with van der Waals surface area (Å²) in [5.41, 5.74) is -0.860. The number of carboxylic acid groups (broad SMARTS) is 1. The molecule has 0 saturated carbocycles. The summed E-state index contributed by atoms with van der Waals surface area (Å²) < 4.78 is 78.3. The number of benzene rings is 3. The quantitative estimate of drug-likeness (QED) is 0.281. The first-order valence-electron chi connectivity index (χ1n) is 15.7. The Bertz CT molecular complexity index is 1740. The van der Waals surface area contributed by atoms with Crippen molar-refractivity contribution in [3.63, 3.8) is 0 Å². The monoisotopic (exact) mass is 688 g/mol. The Morgan fingerprint density at radius 3 is 2.40 bits per heavy atom. The number of ether oxygens (including phenoxy) is 1. The van der Waals surface area contributed by atoms with E-state index in [1.165, 1.54) is 47.8 Å². The highest BCUT2D eigenvalue weighted by atomic mass is 32.2. The smallest absolute Gasteiger partial charge is 0.407 e. The van der Waals surface area contributed by atoms with Gasteiger partial charge in [0.1, 0.15) is 11.9 Å². The maximum absolute atomic E-state index is 15.5. The zero-order chi connectivity index (χ0) is 34.6. The van der Waals surface area contributed by atoms with Gasteiger partial charge in [-0.15, -0.1) is 0 Å². The van der Waals surface area contributed by atoms with E-state index < -0.39 is 57.0 Å². The van der Waals surface area contributed by atoms with Gasteiger partial charge in [-0.3, -0.25) is 9.69 Å². The number of halogens is 3. The van der Waals surface area contributed by atoms with Crippen LogP contribution in [-0.4, -0.2) is 86.2 Å². The van der Waals surface area contributed by atoms with E-state index in [4.69, 9.17) is 4.74 Å². The summed E-state index contributed by atoms with van der Waals surface area (Å²) in [7, 11) is -2.66. The van der Waals surface area contributed by atoms with Crippen molar-refractivity contribution in [3.8, 4) is 0 Å². The molecule has 0 unspecified atom stereocenters. The largest absolute Gasteiger partial charge is 0.465 e. The van der Waals surface area contributed by atoms with Gasteiger partial charge in [-0.05, 0) is 74.6 Å². The highest BCUT2D eigenvalue weighted by molar-refractivity contribution is 7.89. The van der Waals surface area contributed by atoms with Crippen molar-refractivity contribution < 1.29 is 41.0 Å². The maximum atomic E-state index is 15.5. The molecule has 3 atom stereocenters. The zero-order valence-corrected chi connectivity index (χ0v) is 27.5. The van der Waals surface area contributed by atoms with E-state index in [2.05, 4.69) is 10.6 Å². The molecule has 3 N–H and O–H groups in total. The lowest BCUT2D eigenvalue weighted by atomic mass is 9.67. The van der Waals surface area contributed by atoms with Gasteiger partial charge in [-0.1, -0.05) is 30.3 Å². The summed E-state index contributed by atoms with van der Waals surface area (Å²) in [5.74, 6) is -3.65. The number of piperazine rings is 1. The van der Waals surface area contributed by atoms with E-state index >= 15 is 4.39 Å². The van der Waals surface area contributed by atoms with Gasteiger partial charge < -0.3 is 20.5 Å². The molecule has 258 valence electrons. The van der Waals surface area contributed by atoms with Crippen LogP contribution in [0.25, 0.3) is 0 Å². The van der Waals surface area contributed by atoms with Crippen LogP contribution in [0.2, 0.25) is 0 Å². The molecular weight excluding hydrogens is 649 g/mol. The van der Waals surface area contributed by atoms with Gasteiger partial charge >= 0.3 is 6.09 Å². The van der Waals surface area contributed by atoms with Gasteiger partial charge in [0.15, 0.2) is 11.6 Å². The van der Waals surface area contributed by atoms with Gasteiger partial charge in [0.2, 0.25) is 15.9 Å². The summed E-state index contributed by atoms with van der Waals surface area (Å²) in [6.07, 6.45) is -0.919. The van der Waals surface area contributed by atoms with Gasteiger partial charge in [-0.2, -0.15) is 4.31 Å². The molecule has 2 saturated heterocycles. The number of nitrogens with one attached hydrogen (secondary N) is 2. The second-order valence-corrected chi connectivity index (χ2v) is 14.1. The summed E-state index contributed by atoms with van der Waals surface area (Å²) in [6.45, 7) is 2.84. The second kappa shape index (κ2) is 14.6. The predicted molar refractivity (Wildman–Crippen MR) is 173 cm³/mol. The van der Waals surface area contributed by atoms with Crippen LogP contribution in [0.15, 0.2) is 71.6 Å².